The van der Waals surface area contributed by atoms with Crippen LogP contribution in [-0.2, 0) is 6.54 Å². The van der Waals surface area contributed by atoms with E-state index in [0.29, 0.717) is 23.6 Å². The van der Waals surface area contributed by atoms with Crippen LogP contribution in [0.4, 0.5) is 0 Å². The quantitative estimate of drug-likeness (QED) is 0.411. The molecular weight excluding hydrogens is 450 g/mol. The van der Waals surface area contributed by atoms with Crippen molar-refractivity contribution in [1.29, 1.82) is 0 Å². The molecule has 174 valence electrons. The van der Waals surface area contributed by atoms with Gasteiger partial charge in [0.2, 0.25) is 11.5 Å². The largest absolute Gasteiger partial charge is 0.349 e. The number of carbonyl (C=O) groups excluding carboxylic acids is 1. The molecule has 0 saturated carbocycles. The molecule has 0 radical (unpaired) electrons. The van der Waals surface area contributed by atoms with Gasteiger partial charge in [0.25, 0.3) is 11.5 Å². The van der Waals surface area contributed by atoms with E-state index in [1.54, 1.807) is 10.6 Å². The van der Waals surface area contributed by atoms with Crippen LogP contribution >= 0.6 is 11.6 Å². The summed E-state index contributed by atoms with van der Waals surface area (Å²) in [6.45, 7) is 2.83. The van der Waals surface area contributed by atoms with Crippen molar-refractivity contribution in [2.24, 2.45) is 0 Å². The number of benzene rings is 2. The van der Waals surface area contributed by atoms with Crippen molar-refractivity contribution in [2.75, 3.05) is 6.54 Å². The second kappa shape index (κ2) is 9.43. The Morgan fingerprint density at radius 3 is 2.82 bits per heavy atom. The number of nitrogens with one attached hydrogen (secondary N) is 1. The van der Waals surface area contributed by atoms with E-state index < -0.39 is 0 Å². The first-order valence-corrected chi connectivity index (χ1v) is 12.0. The lowest BCUT2D eigenvalue weighted by Crippen LogP contribution is -2.26. The van der Waals surface area contributed by atoms with E-state index >= 15 is 0 Å². The Labute approximate surface area is 202 Å². The van der Waals surface area contributed by atoms with Crippen molar-refractivity contribution in [2.45, 2.75) is 45.6 Å². The molecule has 0 saturated heterocycles. The summed E-state index contributed by atoms with van der Waals surface area (Å²) in [7, 11) is 0. The highest BCUT2D eigenvalue weighted by molar-refractivity contribution is 6.30. The number of halogens is 1. The van der Waals surface area contributed by atoms with E-state index in [-0.39, 0.29) is 22.9 Å². The number of amides is 1. The highest BCUT2D eigenvalue weighted by Crippen LogP contribution is 2.20. The van der Waals surface area contributed by atoms with E-state index in [4.69, 9.17) is 11.6 Å². The molecule has 0 atom stereocenters. The molecule has 4 aromatic rings. The van der Waals surface area contributed by atoms with Crippen LogP contribution in [0, 0.1) is 6.92 Å². The molecule has 0 aliphatic heterocycles. The number of carbonyl (C=O) groups is 1. The van der Waals surface area contributed by atoms with Gasteiger partial charge in [0.1, 0.15) is 0 Å². The van der Waals surface area contributed by atoms with Gasteiger partial charge in [-0.15, -0.1) is 5.10 Å². The smallest absolute Gasteiger partial charge is 0.296 e. The molecule has 0 bridgehead atoms. The predicted octanol–water partition coefficient (Wildman–Crippen LogP) is 4.67. The van der Waals surface area contributed by atoms with Gasteiger partial charge in [0.15, 0.2) is 0 Å². The Morgan fingerprint density at radius 2 is 2.03 bits per heavy atom. The first-order chi connectivity index (χ1) is 16.5. The zero-order valence-electron chi connectivity index (χ0n) is 19.1. The van der Waals surface area contributed by atoms with Crippen LogP contribution in [0.3, 0.4) is 0 Å². The number of rotatable bonds is 6. The minimum atomic E-state index is -0.374. The second-order valence-corrected chi connectivity index (χ2v) is 9.23. The van der Waals surface area contributed by atoms with Crippen molar-refractivity contribution in [3.05, 3.63) is 86.4 Å². The highest BCUT2D eigenvalue weighted by atomic mass is 35.5. The molecule has 8 heteroatoms. The first kappa shape index (κ1) is 22.3. The van der Waals surface area contributed by atoms with Crippen LogP contribution in [0.1, 0.15) is 53.8 Å². The Kier molecular flexibility index (Phi) is 6.20. The molecule has 1 N–H and O–H groups in total. The molecule has 0 unspecified atom stereocenters. The summed E-state index contributed by atoms with van der Waals surface area (Å²) in [5.41, 5.74) is 4.55. The molecule has 1 amide bonds. The second-order valence-electron chi connectivity index (χ2n) is 8.80. The summed E-state index contributed by atoms with van der Waals surface area (Å²) < 4.78 is 3.14. The Hall–Kier alpha value is -3.45. The Morgan fingerprint density at radius 1 is 1.15 bits per heavy atom. The van der Waals surface area contributed by atoms with Crippen molar-refractivity contribution in [3.8, 4) is 0 Å². The van der Waals surface area contributed by atoms with Gasteiger partial charge in [-0.05, 0) is 74.4 Å². The summed E-state index contributed by atoms with van der Waals surface area (Å²) in [6.07, 6.45) is 7.76. The zero-order valence-corrected chi connectivity index (χ0v) is 19.8. The van der Waals surface area contributed by atoms with Gasteiger partial charge in [-0.2, -0.15) is 4.98 Å². The molecule has 2 aromatic heterocycles. The number of hydrogen-bond donors (Lipinski definition) is 1. The van der Waals surface area contributed by atoms with E-state index in [1.807, 2.05) is 43.3 Å². The normalized spacial score (nSPS) is 13.9. The minimum absolute atomic E-state index is 0.00268. The fourth-order valence-corrected chi connectivity index (χ4v) is 4.71. The number of aromatic nitrogens is 4. The Balaban J connectivity index is 1.50. The molecule has 0 spiro atoms. The van der Waals surface area contributed by atoms with Crippen LogP contribution in [0.25, 0.3) is 16.7 Å². The summed E-state index contributed by atoms with van der Waals surface area (Å²) in [5.74, 6) is -0.377. The average Bonchev–Trinajstić information content (AvgIpc) is 3.28. The van der Waals surface area contributed by atoms with Gasteiger partial charge in [-0.25, -0.2) is 4.52 Å². The summed E-state index contributed by atoms with van der Waals surface area (Å²) in [4.78, 5) is 30.6. The van der Waals surface area contributed by atoms with Crippen LogP contribution in [0.15, 0.2) is 58.9 Å². The topological polar surface area (TPSA) is 81.3 Å². The molecule has 0 fully saturated rings. The fourth-order valence-electron chi connectivity index (χ4n) is 4.50. The third kappa shape index (κ3) is 4.48. The molecule has 34 heavy (non-hydrogen) atoms. The molecule has 1 aliphatic carbocycles. The van der Waals surface area contributed by atoms with Gasteiger partial charge in [-0.1, -0.05) is 41.4 Å². The molecule has 2 heterocycles. The average molecular weight is 476 g/mol. The van der Waals surface area contributed by atoms with Crippen LogP contribution in [0.2, 0.25) is 5.02 Å². The van der Waals surface area contributed by atoms with Crippen molar-refractivity contribution in [1.82, 2.24) is 24.5 Å². The zero-order chi connectivity index (χ0) is 23.7. The maximum Gasteiger partial charge on any atom is 0.296 e. The standard InChI is InChI=1S/C26H26ClN5O2/c1-17-10-11-21-22(14-17)31(16-19-8-5-9-20(27)15-19)26(34)24-29-23(30-32(21)24)25(33)28-13-12-18-6-3-2-4-7-18/h5-6,8-11,14-15H,2-4,7,12-13,16H2,1H3,(H,28,33). The minimum Gasteiger partial charge on any atom is -0.349 e. The summed E-state index contributed by atoms with van der Waals surface area (Å²) >= 11 is 6.16. The Bertz CT molecular complexity index is 1480. The SMILES string of the molecule is Cc1ccc2c(c1)n(Cc1cccc(Cl)c1)c(=O)c1nc(C(=O)NCCC3=CCCCC3)nn12. The van der Waals surface area contributed by atoms with Gasteiger partial charge in [0, 0.05) is 11.6 Å². The molecule has 7 nitrogen and oxygen atoms in total. The third-order valence-corrected chi connectivity index (χ3v) is 6.48. The van der Waals surface area contributed by atoms with Crippen molar-refractivity contribution < 1.29 is 4.79 Å². The lowest BCUT2D eigenvalue weighted by atomic mass is 9.97. The monoisotopic (exact) mass is 475 g/mol. The number of allylic oxidation sites excluding steroid dienone is 1. The molecule has 2 aromatic carbocycles. The lowest BCUT2D eigenvalue weighted by Gasteiger charge is -2.12. The molecule has 5 rings (SSSR count). The van der Waals surface area contributed by atoms with E-state index in [2.05, 4.69) is 21.5 Å². The van der Waals surface area contributed by atoms with Gasteiger partial charge in [-0.3, -0.25) is 14.2 Å². The lowest BCUT2D eigenvalue weighted by molar-refractivity contribution is 0.0944. The summed E-state index contributed by atoms with van der Waals surface area (Å²) in [5, 5.41) is 7.92. The van der Waals surface area contributed by atoms with Crippen LogP contribution in [-0.4, -0.2) is 31.6 Å². The van der Waals surface area contributed by atoms with Crippen molar-refractivity contribution >= 4 is 34.2 Å². The van der Waals surface area contributed by atoms with Crippen molar-refractivity contribution in [3.63, 3.8) is 0 Å². The predicted molar refractivity (Wildman–Crippen MR) is 134 cm³/mol. The number of nitrogens with zero attached hydrogens (tertiary/aromatic N) is 4. The first-order valence-electron chi connectivity index (χ1n) is 11.6. The van der Waals surface area contributed by atoms with E-state index in [1.165, 1.54) is 22.9 Å². The van der Waals surface area contributed by atoms with Gasteiger partial charge in [0.05, 0.1) is 17.6 Å². The third-order valence-electron chi connectivity index (χ3n) is 6.24. The molecule has 1 aliphatic rings. The van der Waals surface area contributed by atoms with Gasteiger partial charge < -0.3 is 5.32 Å². The molecular formula is C26H26ClN5O2. The fraction of sp³-hybridized carbons (Fsp3) is 0.308. The van der Waals surface area contributed by atoms with Gasteiger partial charge >= 0.3 is 0 Å². The number of fused-ring (bicyclic) bond motifs is 3. The maximum absolute atomic E-state index is 13.5. The summed E-state index contributed by atoms with van der Waals surface area (Å²) in [6, 6.07) is 13.2. The van der Waals surface area contributed by atoms with E-state index in [0.717, 1.165) is 35.9 Å². The van der Waals surface area contributed by atoms with Crippen LogP contribution < -0.4 is 10.9 Å². The number of aryl methyl sites for hydroxylation is 1. The maximum atomic E-state index is 13.5. The van der Waals surface area contributed by atoms with E-state index in [9.17, 15) is 9.59 Å². The van der Waals surface area contributed by atoms with Crippen LogP contribution in [0.5, 0.6) is 0 Å². The number of hydrogen-bond acceptors (Lipinski definition) is 4. The highest BCUT2D eigenvalue weighted by Gasteiger charge is 2.19.